The lowest BCUT2D eigenvalue weighted by molar-refractivity contribution is -0.113. The van der Waals surface area contributed by atoms with Gasteiger partial charge in [-0.25, -0.2) is 8.42 Å². The summed E-state index contributed by atoms with van der Waals surface area (Å²) in [6, 6.07) is 6.71. The topological polar surface area (TPSA) is 97.2 Å². The van der Waals surface area contributed by atoms with E-state index in [1.807, 2.05) is 6.92 Å². The van der Waals surface area contributed by atoms with Crippen LogP contribution in [0, 0.1) is 6.92 Å². The number of amides is 1. The number of hydrogen-bond acceptors (Lipinski definition) is 6. The van der Waals surface area contributed by atoms with E-state index in [9.17, 15) is 13.2 Å². The number of hydrogen-bond donors (Lipinski definition) is 1. The maximum Gasteiger partial charge on any atom is 0.243 e. The Hall–Kier alpha value is -1.91. The molecule has 1 aliphatic rings. The largest absolute Gasteiger partial charge is 0.325 e. The summed E-state index contributed by atoms with van der Waals surface area (Å²) in [5.74, 6) is 0.910. The molecule has 28 heavy (non-hydrogen) atoms. The normalized spacial score (nSPS) is 14.4. The number of benzene rings is 1. The summed E-state index contributed by atoms with van der Waals surface area (Å²) in [4.78, 5) is 12.5. The van der Waals surface area contributed by atoms with Crippen LogP contribution in [0.25, 0.3) is 0 Å². The Morgan fingerprint density at radius 1 is 1.21 bits per heavy atom. The fourth-order valence-electron chi connectivity index (χ4n) is 2.95. The summed E-state index contributed by atoms with van der Waals surface area (Å²) in [5.41, 5.74) is 0.559. The second-order valence-electron chi connectivity index (χ2n) is 6.58. The van der Waals surface area contributed by atoms with Crippen LogP contribution in [0.5, 0.6) is 0 Å². The van der Waals surface area contributed by atoms with Crippen LogP contribution in [0.2, 0.25) is 0 Å². The highest BCUT2D eigenvalue weighted by Gasteiger charge is 2.28. The molecule has 1 heterocycles. The Labute approximate surface area is 169 Å². The maximum absolute atomic E-state index is 12.5. The summed E-state index contributed by atoms with van der Waals surface area (Å²) in [5, 5.41) is 11.8. The van der Waals surface area contributed by atoms with Crippen LogP contribution in [0.15, 0.2) is 34.3 Å². The summed E-state index contributed by atoms with van der Waals surface area (Å²) < 4.78 is 28.5. The quantitative estimate of drug-likeness (QED) is 0.623. The van der Waals surface area contributed by atoms with Gasteiger partial charge in [0, 0.05) is 24.8 Å². The molecule has 1 amide bonds. The van der Waals surface area contributed by atoms with Crippen LogP contribution in [-0.2, 0) is 14.8 Å². The fraction of sp³-hybridized carbons (Fsp3) is 0.500. The van der Waals surface area contributed by atoms with Gasteiger partial charge in [-0.1, -0.05) is 25.6 Å². The monoisotopic (exact) mass is 423 g/mol. The molecule has 3 rings (SSSR count). The summed E-state index contributed by atoms with van der Waals surface area (Å²) in [7, 11) is -3.50. The van der Waals surface area contributed by atoms with Crippen molar-refractivity contribution in [3.05, 3.63) is 30.1 Å². The molecule has 1 aromatic heterocycles. The third-order valence-corrected chi connectivity index (χ3v) is 7.57. The first kappa shape index (κ1) is 20.8. The number of rotatable bonds is 9. The molecule has 2 aromatic rings. The zero-order chi connectivity index (χ0) is 20.3. The van der Waals surface area contributed by atoms with E-state index in [1.165, 1.54) is 28.2 Å². The molecule has 1 N–H and O–H groups in total. The SMILES string of the molecule is CCN(CC)S(=O)(=O)c1ccc(NC(=O)CSc2nnc(C)n2C2CC2)cc1. The molecule has 0 radical (unpaired) electrons. The molecule has 1 fully saturated rings. The van der Waals surface area contributed by atoms with Crippen LogP contribution >= 0.6 is 11.8 Å². The molecular weight excluding hydrogens is 398 g/mol. The zero-order valence-electron chi connectivity index (χ0n) is 16.3. The highest BCUT2D eigenvalue weighted by Crippen LogP contribution is 2.38. The van der Waals surface area contributed by atoms with Gasteiger partial charge >= 0.3 is 0 Å². The van der Waals surface area contributed by atoms with E-state index in [-0.39, 0.29) is 16.6 Å². The van der Waals surface area contributed by atoms with Gasteiger partial charge in [-0.2, -0.15) is 4.31 Å². The average molecular weight is 424 g/mol. The van der Waals surface area contributed by atoms with Crippen LogP contribution in [0.4, 0.5) is 5.69 Å². The molecule has 1 aliphatic carbocycles. The van der Waals surface area contributed by atoms with Crippen molar-refractivity contribution in [3.63, 3.8) is 0 Å². The predicted molar refractivity (Wildman–Crippen MR) is 109 cm³/mol. The zero-order valence-corrected chi connectivity index (χ0v) is 17.9. The molecule has 0 atom stereocenters. The molecule has 10 heteroatoms. The van der Waals surface area contributed by atoms with Crippen molar-refractivity contribution in [1.82, 2.24) is 19.1 Å². The summed E-state index contributed by atoms with van der Waals surface area (Å²) in [6.45, 7) is 6.36. The number of carbonyl (C=O) groups is 1. The van der Waals surface area contributed by atoms with E-state index in [0.29, 0.717) is 24.8 Å². The molecule has 0 unspecified atom stereocenters. The number of carbonyl (C=O) groups excluding carboxylic acids is 1. The van der Waals surface area contributed by atoms with E-state index in [2.05, 4.69) is 20.1 Å². The molecule has 0 saturated heterocycles. The minimum Gasteiger partial charge on any atom is -0.325 e. The van der Waals surface area contributed by atoms with Crippen molar-refractivity contribution in [2.45, 2.75) is 49.7 Å². The summed E-state index contributed by atoms with van der Waals surface area (Å²) in [6.07, 6.45) is 2.25. The second-order valence-corrected chi connectivity index (χ2v) is 9.46. The fourth-order valence-corrected chi connectivity index (χ4v) is 5.26. The number of nitrogens with zero attached hydrogens (tertiary/aromatic N) is 4. The lowest BCUT2D eigenvalue weighted by Gasteiger charge is -2.18. The standard InChI is InChI=1S/C18H25N5O3S2/c1-4-22(5-2)28(25,26)16-10-6-14(7-11-16)19-17(24)12-27-18-21-20-13(3)23(18)15-8-9-15/h6-7,10-11,15H,4-5,8-9,12H2,1-3H3,(H,19,24). The Balaban J connectivity index is 1.59. The Morgan fingerprint density at radius 2 is 1.86 bits per heavy atom. The van der Waals surface area contributed by atoms with Crippen molar-refractivity contribution in [2.24, 2.45) is 0 Å². The van der Waals surface area contributed by atoms with Crippen molar-refractivity contribution in [1.29, 1.82) is 0 Å². The average Bonchev–Trinajstić information content (AvgIpc) is 3.43. The van der Waals surface area contributed by atoms with Crippen molar-refractivity contribution in [2.75, 3.05) is 24.2 Å². The van der Waals surface area contributed by atoms with E-state index in [4.69, 9.17) is 0 Å². The number of aryl methyl sites for hydroxylation is 1. The van der Waals surface area contributed by atoms with Gasteiger partial charge in [0.15, 0.2) is 5.16 Å². The molecular formula is C18H25N5O3S2. The third kappa shape index (κ3) is 4.56. The van der Waals surface area contributed by atoms with E-state index in [1.54, 1.807) is 26.0 Å². The third-order valence-electron chi connectivity index (χ3n) is 4.56. The van der Waals surface area contributed by atoms with Gasteiger partial charge in [0.25, 0.3) is 0 Å². The minimum absolute atomic E-state index is 0.174. The molecule has 152 valence electrons. The van der Waals surface area contributed by atoms with Gasteiger partial charge in [-0.15, -0.1) is 10.2 Å². The van der Waals surface area contributed by atoms with Crippen molar-refractivity contribution < 1.29 is 13.2 Å². The molecule has 0 spiro atoms. The number of nitrogens with one attached hydrogen (secondary N) is 1. The van der Waals surface area contributed by atoms with Gasteiger partial charge in [-0.05, 0) is 44.0 Å². The molecule has 0 bridgehead atoms. The number of thioether (sulfide) groups is 1. The minimum atomic E-state index is -3.50. The van der Waals surface area contributed by atoms with Crippen LogP contribution in [0.1, 0.15) is 38.6 Å². The Morgan fingerprint density at radius 3 is 2.43 bits per heavy atom. The van der Waals surface area contributed by atoms with E-state index >= 15 is 0 Å². The molecule has 1 saturated carbocycles. The van der Waals surface area contributed by atoms with Crippen molar-refractivity contribution >= 4 is 33.4 Å². The lowest BCUT2D eigenvalue weighted by Crippen LogP contribution is -2.30. The molecule has 1 aromatic carbocycles. The molecule has 8 nitrogen and oxygen atoms in total. The summed E-state index contributed by atoms with van der Waals surface area (Å²) >= 11 is 1.36. The number of anilines is 1. The first-order valence-electron chi connectivity index (χ1n) is 9.31. The van der Waals surface area contributed by atoms with Gasteiger partial charge < -0.3 is 9.88 Å². The Bertz CT molecular complexity index is 933. The van der Waals surface area contributed by atoms with E-state index in [0.717, 1.165) is 23.8 Å². The van der Waals surface area contributed by atoms with Gasteiger partial charge in [0.1, 0.15) is 5.82 Å². The second kappa shape index (κ2) is 8.62. The number of aromatic nitrogens is 3. The Kier molecular flexibility index (Phi) is 6.41. The lowest BCUT2D eigenvalue weighted by atomic mass is 10.3. The van der Waals surface area contributed by atoms with Crippen LogP contribution < -0.4 is 5.32 Å². The van der Waals surface area contributed by atoms with Gasteiger partial charge in [0.05, 0.1) is 10.6 Å². The number of sulfonamides is 1. The van der Waals surface area contributed by atoms with Gasteiger partial charge in [-0.3, -0.25) is 4.79 Å². The highest BCUT2D eigenvalue weighted by atomic mass is 32.2. The van der Waals surface area contributed by atoms with Gasteiger partial charge in [0.2, 0.25) is 15.9 Å². The maximum atomic E-state index is 12.5. The smallest absolute Gasteiger partial charge is 0.243 e. The highest BCUT2D eigenvalue weighted by molar-refractivity contribution is 7.99. The first-order valence-corrected chi connectivity index (χ1v) is 11.7. The van der Waals surface area contributed by atoms with Crippen molar-refractivity contribution in [3.8, 4) is 0 Å². The predicted octanol–water partition coefficient (Wildman–Crippen LogP) is 2.68. The van der Waals surface area contributed by atoms with E-state index < -0.39 is 10.0 Å². The van der Waals surface area contributed by atoms with Crippen LogP contribution in [-0.4, -0.2) is 52.2 Å². The van der Waals surface area contributed by atoms with Crippen LogP contribution in [0.3, 0.4) is 0 Å². The first-order chi connectivity index (χ1) is 13.4. The molecule has 0 aliphatic heterocycles.